The van der Waals surface area contributed by atoms with Crippen LogP contribution >= 0.6 is 0 Å². The van der Waals surface area contributed by atoms with Crippen molar-refractivity contribution in [3.63, 3.8) is 0 Å². The highest BCUT2D eigenvalue weighted by Gasteiger charge is 2.10. The molecule has 0 unspecified atom stereocenters. The molecule has 0 bridgehead atoms. The Kier molecular flexibility index (Phi) is 2.93. The number of aliphatic hydroxyl groups is 1. The first-order valence-corrected chi connectivity index (χ1v) is 6.24. The number of para-hydroxylation sites is 3. The zero-order chi connectivity index (χ0) is 13.2. The van der Waals surface area contributed by atoms with Gasteiger partial charge in [0.05, 0.1) is 17.6 Å². The van der Waals surface area contributed by atoms with E-state index in [1.165, 1.54) is 0 Å². The van der Waals surface area contributed by atoms with Crippen LogP contribution in [-0.4, -0.2) is 20.8 Å². The SMILES string of the molecule is N=c1n(CCO)c2ccccc2n1-c1ccccc1. The lowest BCUT2D eigenvalue weighted by atomic mass is 10.3. The van der Waals surface area contributed by atoms with E-state index in [0.717, 1.165) is 16.7 Å². The Morgan fingerprint density at radius 2 is 1.53 bits per heavy atom. The van der Waals surface area contributed by atoms with Gasteiger partial charge in [-0.15, -0.1) is 0 Å². The van der Waals surface area contributed by atoms with Crippen molar-refractivity contribution in [2.24, 2.45) is 0 Å². The van der Waals surface area contributed by atoms with E-state index in [0.29, 0.717) is 12.2 Å². The van der Waals surface area contributed by atoms with E-state index in [2.05, 4.69) is 0 Å². The van der Waals surface area contributed by atoms with Crippen LogP contribution in [0.5, 0.6) is 0 Å². The number of hydrogen-bond acceptors (Lipinski definition) is 2. The first-order valence-electron chi connectivity index (χ1n) is 6.24. The monoisotopic (exact) mass is 253 g/mol. The molecule has 0 saturated heterocycles. The Morgan fingerprint density at radius 1 is 0.895 bits per heavy atom. The van der Waals surface area contributed by atoms with E-state index in [9.17, 15) is 5.11 Å². The van der Waals surface area contributed by atoms with Crippen LogP contribution in [0.4, 0.5) is 0 Å². The van der Waals surface area contributed by atoms with Crippen LogP contribution in [-0.2, 0) is 6.54 Å². The van der Waals surface area contributed by atoms with Gasteiger partial charge in [0.25, 0.3) is 0 Å². The Balaban J connectivity index is 2.37. The van der Waals surface area contributed by atoms with E-state index >= 15 is 0 Å². The van der Waals surface area contributed by atoms with Crippen LogP contribution < -0.4 is 5.62 Å². The highest BCUT2D eigenvalue weighted by Crippen LogP contribution is 2.17. The summed E-state index contributed by atoms with van der Waals surface area (Å²) in [6.45, 7) is 0.457. The van der Waals surface area contributed by atoms with Crippen LogP contribution in [0.2, 0.25) is 0 Å². The number of fused-ring (bicyclic) bond motifs is 1. The van der Waals surface area contributed by atoms with E-state index in [1.807, 2.05) is 63.7 Å². The molecule has 0 radical (unpaired) electrons. The Bertz CT molecular complexity index is 756. The maximum Gasteiger partial charge on any atom is 0.207 e. The van der Waals surface area contributed by atoms with Crippen LogP contribution in [0, 0.1) is 5.41 Å². The quantitative estimate of drug-likeness (QED) is 0.736. The topological polar surface area (TPSA) is 53.9 Å². The lowest BCUT2D eigenvalue weighted by Gasteiger charge is -2.03. The molecule has 4 heteroatoms. The average molecular weight is 253 g/mol. The molecule has 3 aromatic rings. The van der Waals surface area contributed by atoms with Gasteiger partial charge in [0.1, 0.15) is 0 Å². The maximum absolute atomic E-state index is 9.17. The number of benzene rings is 2. The normalized spacial score (nSPS) is 11.0. The van der Waals surface area contributed by atoms with Crippen molar-refractivity contribution >= 4 is 11.0 Å². The second kappa shape index (κ2) is 4.74. The number of nitrogens with zero attached hydrogens (tertiary/aromatic N) is 2. The van der Waals surface area contributed by atoms with Crippen molar-refractivity contribution in [1.82, 2.24) is 9.13 Å². The number of rotatable bonds is 3. The standard InChI is InChI=1S/C15H15N3O/c16-15-17(10-11-19)13-8-4-5-9-14(13)18(15)12-6-2-1-3-7-12/h1-9,16,19H,10-11H2. The van der Waals surface area contributed by atoms with Gasteiger partial charge >= 0.3 is 0 Å². The molecule has 1 aromatic heterocycles. The molecular formula is C15H15N3O. The molecule has 0 aliphatic carbocycles. The van der Waals surface area contributed by atoms with Crippen LogP contribution in [0.25, 0.3) is 16.7 Å². The van der Waals surface area contributed by atoms with Gasteiger partial charge in [0, 0.05) is 12.2 Å². The number of aliphatic hydroxyl groups excluding tert-OH is 1. The Labute approximate surface area is 110 Å². The zero-order valence-corrected chi connectivity index (χ0v) is 10.5. The molecule has 0 amide bonds. The van der Waals surface area contributed by atoms with Crippen LogP contribution in [0.3, 0.4) is 0 Å². The molecule has 0 aliphatic heterocycles. The number of nitrogens with one attached hydrogen (secondary N) is 1. The fourth-order valence-corrected chi connectivity index (χ4v) is 2.40. The summed E-state index contributed by atoms with van der Waals surface area (Å²) >= 11 is 0. The highest BCUT2D eigenvalue weighted by atomic mass is 16.3. The van der Waals surface area contributed by atoms with Gasteiger partial charge in [-0.05, 0) is 24.3 Å². The third-order valence-corrected chi connectivity index (χ3v) is 3.22. The first kappa shape index (κ1) is 11.7. The molecule has 0 saturated carbocycles. The molecule has 96 valence electrons. The summed E-state index contributed by atoms with van der Waals surface area (Å²) in [5, 5.41) is 17.5. The van der Waals surface area contributed by atoms with Crippen molar-refractivity contribution in [3.05, 3.63) is 60.2 Å². The fraction of sp³-hybridized carbons (Fsp3) is 0.133. The minimum absolute atomic E-state index is 0.0271. The van der Waals surface area contributed by atoms with Gasteiger partial charge in [-0.2, -0.15) is 0 Å². The second-order valence-electron chi connectivity index (χ2n) is 4.36. The summed E-state index contributed by atoms with van der Waals surface area (Å²) in [6, 6.07) is 17.7. The molecule has 4 nitrogen and oxygen atoms in total. The smallest absolute Gasteiger partial charge is 0.207 e. The van der Waals surface area contributed by atoms with Gasteiger partial charge < -0.3 is 9.67 Å². The molecule has 0 spiro atoms. The minimum Gasteiger partial charge on any atom is -0.395 e. The Morgan fingerprint density at radius 3 is 2.21 bits per heavy atom. The third kappa shape index (κ3) is 1.86. The zero-order valence-electron chi connectivity index (χ0n) is 10.5. The van der Waals surface area contributed by atoms with Crippen molar-refractivity contribution < 1.29 is 5.11 Å². The van der Waals surface area contributed by atoms with Crippen LogP contribution in [0.1, 0.15) is 0 Å². The van der Waals surface area contributed by atoms with Gasteiger partial charge in [-0.3, -0.25) is 9.98 Å². The van der Waals surface area contributed by atoms with E-state index in [-0.39, 0.29) is 6.61 Å². The molecule has 2 aromatic carbocycles. The molecule has 19 heavy (non-hydrogen) atoms. The van der Waals surface area contributed by atoms with Crippen molar-refractivity contribution in [2.45, 2.75) is 6.54 Å². The third-order valence-electron chi connectivity index (χ3n) is 3.22. The molecule has 2 N–H and O–H groups in total. The molecule has 1 heterocycles. The fourth-order valence-electron chi connectivity index (χ4n) is 2.40. The van der Waals surface area contributed by atoms with Gasteiger partial charge in [-0.25, -0.2) is 0 Å². The highest BCUT2D eigenvalue weighted by molar-refractivity contribution is 5.77. The van der Waals surface area contributed by atoms with Crippen molar-refractivity contribution in [3.8, 4) is 5.69 Å². The lowest BCUT2D eigenvalue weighted by molar-refractivity contribution is 0.275. The largest absolute Gasteiger partial charge is 0.395 e. The summed E-state index contributed by atoms with van der Waals surface area (Å²) < 4.78 is 3.72. The van der Waals surface area contributed by atoms with Gasteiger partial charge in [0.15, 0.2) is 0 Å². The maximum atomic E-state index is 9.17. The van der Waals surface area contributed by atoms with Crippen LogP contribution in [0.15, 0.2) is 54.6 Å². The van der Waals surface area contributed by atoms with E-state index in [4.69, 9.17) is 5.41 Å². The second-order valence-corrected chi connectivity index (χ2v) is 4.36. The molecular weight excluding hydrogens is 238 g/mol. The molecule has 0 atom stereocenters. The number of hydrogen-bond donors (Lipinski definition) is 2. The minimum atomic E-state index is 0.0271. The predicted molar refractivity (Wildman–Crippen MR) is 74.2 cm³/mol. The number of aromatic nitrogens is 2. The van der Waals surface area contributed by atoms with Crippen molar-refractivity contribution in [1.29, 1.82) is 5.41 Å². The van der Waals surface area contributed by atoms with E-state index in [1.54, 1.807) is 0 Å². The van der Waals surface area contributed by atoms with Crippen molar-refractivity contribution in [2.75, 3.05) is 6.61 Å². The number of imidazole rings is 1. The Hall–Kier alpha value is -2.33. The average Bonchev–Trinajstić information content (AvgIpc) is 2.73. The summed E-state index contributed by atoms with van der Waals surface area (Å²) in [7, 11) is 0. The predicted octanol–water partition coefficient (Wildman–Crippen LogP) is 1.90. The summed E-state index contributed by atoms with van der Waals surface area (Å²) in [6.07, 6.45) is 0. The summed E-state index contributed by atoms with van der Waals surface area (Å²) in [5.74, 6) is 0. The lowest BCUT2D eigenvalue weighted by Crippen LogP contribution is -2.24. The first-order chi connectivity index (χ1) is 9.33. The molecule has 0 aliphatic rings. The van der Waals surface area contributed by atoms with Gasteiger partial charge in [-0.1, -0.05) is 30.3 Å². The summed E-state index contributed by atoms with van der Waals surface area (Å²) in [4.78, 5) is 0. The molecule has 0 fully saturated rings. The summed E-state index contributed by atoms with van der Waals surface area (Å²) in [5.41, 5.74) is 3.28. The van der Waals surface area contributed by atoms with Gasteiger partial charge in [0.2, 0.25) is 5.62 Å². The van der Waals surface area contributed by atoms with E-state index < -0.39 is 0 Å². The molecule has 3 rings (SSSR count).